The summed E-state index contributed by atoms with van der Waals surface area (Å²) in [7, 11) is 3.19. The molecule has 0 unspecified atom stereocenters. The Bertz CT molecular complexity index is 735. The topological polar surface area (TPSA) is 54.3 Å². The van der Waals surface area contributed by atoms with Crippen LogP contribution in [0.3, 0.4) is 0 Å². The van der Waals surface area contributed by atoms with Crippen molar-refractivity contribution in [2.75, 3.05) is 27.3 Å². The quantitative estimate of drug-likeness (QED) is 0.947. The fraction of sp³-hybridized carbons (Fsp3) is 0.316. The van der Waals surface area contributed by atoms with Gasteiger partial charge in [-0.05, 0) is 35.7 Å². The monoisotopic (exact) mass is 308 g/mol. The van der Waals surface area contributed by atoms with Gasteiger partial charge in [-0.1, -0.05) is 30.3 Å². The average molecular weight is 308 g/mol. The molecule has 3 rings (SSSR count). The van der Waals surface area contributed by atoms with Crippen molar-refractivity contribution in [1.82, 2.24) is 5.32 Å². The van der Waals surface area contributed by atoms with Gasteiger partial charge >= 0.3 is 0 Å². The summed E-state index contributed by atoms with van der Waals surface area (Å²) >= 11 is 0. The Morgan fingerprint density at radius 3 is 2.61 bits per heavy atom. The molecule has 23 heavy (non-hydrogen) atoms. The number of benzene rings is 2. The third-order valence-electron chi connectivity index (χ3n) is 4.40. The van der Waals surface area contributed by atoms with Crippen molar-refractivity contribution in [2.45, 2.75) is 12.3 Å². The van der Waals surface area contributed by atoms with E-state index in [1.807, 2.05) is 24.3 Å². The van der Waals surface area contributed by atoms with Crippen LogP contribution in [0.25, 0.3) is 0 Å². The molecule has 118 valence electrons. The lowest BCUT2D eigenvalue weighted by Crippen LogP contribution is -2.20. The molecule has 0 saturated heterocycles. The maximum absolute atomic E-state index is 9.67. The molecule has 1 N–H and O–H groups in total. The van der Waals surface area contributed by atoms with Crippen LogP contribution in [0, 0.1) is 11.3 Å². The Kier molecular flexibility index (Phi) is 4.50. The van der Waals surface area contributed by atoms with Gasteiger partial charge in [0.1, 0.15) is 11.6 Å². The van der Waals surface area contributed by atoms with Gasteiger partial charge in [0.2, 0.25) is 0 Å². The summed E-state index contributed by atoms with van der Waals surface area (Å²) in [6.07, 6.45) is 0.807. The lowest BCUT2D eigenvalue weighted by molar-refractivity contribution is 0.353. The van der Waals surface area contributed by atoms with Crippen molar-refractivity contribution < 1.29 is 9.47 Å². The van der Waals surface area contributed by atoms with E-state index in [2.05, 4.69) is 23.5 Å². The van der Waals surface area contributed by atoms with Crippen LogP contribution in [0.2, 0.25) is 0 Å². The summed E-state index contributed by atoms with van der Waals surface area (Å²) in [4.78, 5) is 0. The Hall–Kier alpha value is -2.51. The van der Waals surface area contributed by atoms with Crippen LogP contribution in [0.15, 0.2) is 36.4 Å². The minimum Gasteiger partial charge on any atom is -0.493 e. The standard InChI is InChI=1S/C19H20N2O2/c1-22-18-10-15-14(16(11-20)19(18)23-2)8-9-21-12-17(15)13-6-4-3-5-7-13/h3-7,10,17,21H,8-9,12H2,1-2H3/t17-/m1/s1. The van der Waals surface area contributed by atoms with Gasteiger partial charge in [0.25, 0.3) is 0 Å². The zero-order valence-electron chi connectivity index (χ0n) is 13.4. The van der Waals surface area contributed by atoms with Gasteiger partial charge in [-0.15, -0.1) is 0 Å². The van der Waals surface area contributed by atoms with Gasteiger partial charge in [-0.2, -0.15) is 5.26 Å². The van der Waals surface area contributed by atoms with Crippen LogP contribution in [0.1, 0.15) is 28.2 Å². The minimum atomic E-state index is 0.195. The van der Waals surface area contributed by atoms with Crippen LogP contribution in [0.5, 0.6) is 11.5 Å². The number of nitrogens with one attached hydrogen (secondary N) is 1. The van der Waals surface area contributed by atoms with E-state index in [1.54, 1.807) is 14.2 Å². The summed E-state index contributed by atoms with van der Waals surface area (Å²) in [6, 6.07) is 14.7. The Morgan fingerprint density at radius 1 is 1.17 bits per heavy atom. The first-order valence-electron chi connectivity index (χ1n) is 7.73. The van der Waals surface area contributed by atoms with E-state index in [0.717, 1.165) is 30.6 Å². The largest absolute Gasteiger partial charge is 0.493 e. The molecule has 2 aromatic carbocycles. The first kappa shape index (κ1) is 15.4. The molecule has 0 fully saturated rings. The zero-order chi connectivity index (χ0) is 16.2. The number of fused-ring (bicyclic) bond motifs is 1. The van der Waals surface area contributed by atoms with Crippen molar-refractivity contribution in [3.05, 3.63) is 58.7 Å². The van der Waals surface area contributed by atoms with E-state index < -0.39 is 0 Å². The third-order valence-corrected chi connectivity index (χ3v) is 4.40. The van der Waals surface area contributed by atoms with Crippen LogP contribution in [-0.4, -0.2) is 27.3 Å². The van der Waals surface area contributed by atoms with E-state index in [0.29, 0.717) is 17.1 Å². The Balaban J connectivity index is 2.23. The summed E-state index contributed by atoms with van der Waals surface area (Å²) in [5.74, 6) is 1.34. The number of methoxy groups -OCH3 is 2. The summed E-state index contributed by atoms with van der Waals surface area (Å²) in [6.45, 7) is 1.69. The fourth-order valence-electron chi connectivity index (χ4n) is 3.30. The summed E-state index contributed by atoms with van der Waals surface area (Å²) in [5, 5.41) is 13.1. The van der Waals surface area contributed by atoms with E-state index in [-0.39, 0.29) is 5.92 Å². The van der Waals surface area contributed by atoms with Crippen molar-refractivity contribution in [3.63, 3.8) is 0 Å². The van der Waals surface area contributed by atoms with E-state index in [9.17, 15) is 5.26 Å². The molecule has 0 aromatic heterocycles. The second-order valence-corrected chi connectivity index (χ2v) is 5.58. The molecule has 1 aliphatic heterocycles. The molecule has 1 aliphatic rings. The van der Waals surface area contributed by atoms with Crippen molar-refractivity contribution in [1.29, 1.82) is 5.26 Å². The molecule has 0 aliphatic carbocycles. The number of nitrogens with zero attached hydrogens (tertiary/aromatic N) is 1. The zero-order valence-corrected chi connectivity index (χ0v) is 13.4. The third kappa shape index (κ3) is 2.76. The smallest absolute Gasteiger partial charge is 0.178 e. The van der Waals surface area contributed by atoms with Gasteiger partial charge in [-0.3, -0.25) is 0 Å². The summed E-state index contributed by atoms with van der Waals surface area (Å²) < 4.78 is 10.9. The maximum Gasteiger partial charge on any atom is 0.178 e. The van der Waals surface area contributed by atoms with Crippen LogP contribution >= 0.6 is 0 Å². The second-order valence-electron chi connectivity index (χ2n) is 5.58. The van der Waals surface area contributed by atoms with Crippen LogP contribution < -0.4 is 14.8 Å². The average Bonchev–Trinajstić information content (AvgIpc) is 2.82. The lowest BCUT2D eigenvalue weighted by atomic mass is 9.85. The molecular weight excluding hydrogens is 288 g/mol. The number of hydrogen-bond acceptors (Lipinski definition) is 4. The number of ether oxygens (including phenoxy) is 2. The SMILES string of the molecule is COc1cc2c(c(C#N)c1OC)CCNC[C@@H]2c1ccccc1. The highest BCUT2D eigenvalue weighted by molar-refractivity contribution is 5.62. The van der Waals surface area contributed by atoms with Crippen molar-refractivity contribution in [2.24, 2.45) is 0 Å². The maximum atomic E-state index is 9.67. The molecule has 0 bridgehead atoms. The number of hydrogen-bond donors (Lipinski definition) is 1. The van der Waals surface area contributed by atoms with Gasteiger partial charge in [-0.25, -0.2) is 0 Å². The Morgan fingerprint density at radius 2 is 1.96 bits per heavy atom. The highest BCUT2D eigenvalue weighted by Crippen LogP contribution is 2.40. The molecule has 0 radical (unpaired) electrons. The molecule has 1 heterocycles. The molecule has 4 nitrogen and oxygen atoms in total. The fourth-order valence-corrected chi connectivity index (χ4v) is 3.30. The predicted octanol–water partition coefficient (Wildman–Crippen LogP) is 2.85. The lowest BCUT2D eigenvalue weighted by Gasteiger charge is -2.21. The first-order chi connectivity index (χ1) is 11.3. The predicted molar refractivity (Wildman–Crippen MR) is 89.1 cm³/mol. The molecule has 2 aromatic rings. The molecule has 0 spiro atoms. The minimum absolute atomic E-state index is 0.195. The van der Waals surface area contributed by atoms with E-state index in [4.69, 9.17) is 9.47 Å². The van der Waals surface area contributed by atoms with Gasteiger partial charge in [0, 0.05) is 12.5 Å². The second kappa shape index (κ2) is 6.72. The molecule has 1 atom stereocenters. The van der Waals surface area contributed by atoms with Crippen molar-refractivity contribution in [3.8, 4) is 17.6 Å². The number of nitriles is 1. The highest BCUT2D eigenvalue weighted by atomic mass is 16.5. The van der Waals surface area contributed by atoms with E-state index >= 15 is 0 Å². The first-order valence-corrected chi connectivity index (χ1v) is 7.73. The van der Waals surface area contributed by atoms with Crippen LogP contribution in [0.4, 0.5) is 0 Å². The molecule has 4 heteroatoms. The van der Waals surface area contributed by atoms with Crippen molar-refractivity contribution >= 4 is 0 Å². The molecular formula is C19H20N2O2. The van der Waals surface area contributed by atoms with Gasteiger partial charge in [0.05, 0.1) is 14.2 Å². The Labute approximate surface area is 136 Å². The number of rotatable bonds is 3. The molecule has 0 amide bonds. The van der Waals surface area contributed by atoms with Crippen LogP contribution in [-0.2, 0) is 6.42 Å². The molecule has 0 saturated carbocycles. The normalized spacial score (nSPS) is 16.8. The summed E-state index contributed by atoms with van der Waals surface area (Å²) in [5.41, 5.74) is 4.03. The van der Waals surface area contributed by atoms with E-state index in [1.165, 1.54) is 5.56 Å². The highest BCUT2D eigenvalue weighted by Gasteiger charge is 2.26. The van der Waals surface area contributed by atoms with Gasteiger partial charge in [0.15, 0.2) is 11.5 Å². The van der Waals surface area contributed by atoms with Gasteiger partial charge < -0.3 is 14.8 Å².